The number of halogens is 3. The Bertz CT molecular complexity index is 1480. The SMILES string of the molecule is CCOC1=C(Cl)C(=O)C(OCC)=C(Cl)C1=O.[C-]#[N+]C(C#N)=c1ccc(=C([N+]#[C-])Nc2ccc(F)cc2)cc1. The maximum Gasteiger partial charge on any atom is 0.268 e. The zero-order valence-corrected chi connectivity index (χ0v) is 21.7. The number of nitrogens with one attached hydrogen (secondary N) is 1. The maximum atomic E-state index is 12.9. The maximum absolute atomic E-state index is 12.9. The molecule has 0 aliphatic heterocycles. The van der Waals surface area contributed by atoms with E-state index in [9.17, 15) is 14.0 Å². The molecular formula is C27H19Cl2FN4O4. The molecule has 0 unspecified atom stereocenters. The number of carbonyl (C=O) groups excluding carboxylic acids is 2. The predicted molar refractivity (Wildman–Crippen MR) is 140 cm³/mol. The summed E-state index contributed by atoms with van der Waals surface area (Å²) in [4.78, 5) is 29.9. The summed E-state index contributed by atoms with van der Waals surface area (Å²) in [5.41, 5.74) is 0.601. The van der Waals surface area contributed by atoms with Crippen molar-refractivity contribution in [3.8, 4) is 6.07 Å². The lowest BCUT2D eigenvalue weighted by Gasteiger charge is -2.17. The summed E-state index contributed by atoms with van der Waals surface area (Å²) in [5.74, 6) is -1.77. The molecule has 192 valence electrons. The molecule has 11 heteroatoms. The highest BCUT2D eigenvalue weighted by Crippen LogP contribution is 2.30. The van der Waals surface area contributed by atoms with Crippen LogP contribution in [-0.4, -0.2) is 24.8 Å². The summed E-state index contributed by atoms with van der Waals surface area (Å²) >= 11 is 11.4. The first-order chi connectivity index (χ1) is 18.2. The molecule has 1 aliphatic rings. The van der Waals surface area contributed by atoms with Gasteiger partial charge in [0.05, 0.1) is 25.9 Å². The van der Waals surface area contributed by atoms with E-state index in [1.807, 2.05) is 6.07 Å². The van der Waals surface area contributed by atoms with Gasteiger partial charge < -0.3 is 19.6 Å². The Morgan fingerprint density at radius 3 is 1.76 bits per heavy atom. The van der Waals surface area contributed by atoms with Crippen molar-refractivity contribution in [2.24, 2.45) is 0 Å². The Kier molecular flexibility index (Phi) is 11.1. The summed E-state index contributed by atoms with van der Waals surface area (Å²) in [6, 6.07) is 14.0. The lowest BCUT2D eigenvalue weighted by Crippen LogP contribution is -2.23. The first kappa shape index (κ1) is 29.6. The van der Waals surface area contributed by atoms with Gasteiger partial charge in [-0.2, -0.15) is 0 Å². The van der Waals surface area contributed by atoms with Gasteiger partial charge in [0.15, 0.2) is 11.5 Å². The van der Waals surface area contributed by atoms with Crippen molar-refractivity contribution in [1.29, 1.82) is 5.26 Å². The van der Waals surface area contributed by atoms with E-state index < -0.39 is 11.6 Å². The van der Waals surface area contributed by atoms with E-state index >= 15 is 0 Å². The van der Waals surface area contributed by atoms with Crippen molar-refractivity contribution >= 4 is 52.0 Å². The Morgan fingerprint density at radius 1 is 0.895 bits per heavy atom. The minimum absolute atomic E-state index is 0.00223. The van der Waals surface area contributed by atoms with Crippen LogP contribution in [0, 0.1) is 30.3 Å². The number of allylic oxidation sites excluding steroid dienone is 2. The van der Waals surface area contributed by atoms with Crippen LogP contribution in [0.25, 0.3) is 21.2 Å². The molecule has 0 bridgehead atoms. The molecule has 0 fully saturated rings. The Hall–Kier alpha value is -4.62. The van der Waals surface area contributed by atoms with Gasteiger partial charge in [0, 0.05) is 0 Å². The topological polar surface area (TPSA) is 97.1 Å². The van der Waals surface area contributed by atoms with Crippen molar-refractivity contribution in [3.63, 3.8) is 0 Å². The molecule has 8 nitrogen and oxygen atoms in total. The number of hydrogen-bond donors (Lipinski definition) is 1. The second kappa shape index (κ2) is 14.2. The lowest BCUT2D eigenvalue weighted by atomic mass is 10.1. The van der Waals surface area contributed by atoms with Crippen molar-refractivity contribution in [3.05, 3.63) is 109 Å². The summed E-state index contributed by atoms with van der Waals surface area (Å²) in [5, 5.41) is 12.3. The largest absolute Gasteiger partial charge is 0.488 e. The molecule has 0 saturated carbocycles. The fraction of sp³-hybridized carbons (Fsp3) is 0.148. The molecule has 0 saturated heterocycles. The van der Waals surface area contributed by atoms with Crippen LogP contribution in [0.3, 0.4) is 0 Å². The molecule has 0 atom stereocenters. The van der Waals surface area contributed by atoms with E-state index in [0.717, 1.165) is 0 Å². The van der Waals surface area contributed by atoms with E-state index in [4.69, 9.17) is 51.1 Å². The second-order valence-corrected chi connectivity index (χ2v) is 7.81. The Morgan fingerprint density at radius 2 is 1.37 bits per heavy atom. The fourth-order valence-corrected chi connectivity index (χ4v) is 3.38. The third kappa shape index (κ3) is 7.21. The van der Waals surface area contributed by atoms with Gasteiger partial charge in [0.25, 0.3) is 5.70 Å². The smallest absolute Gasteiger partial charge is 0.268 e. The van der Waals surface area contributed by atoms with Crippen LogP contribution in [0.15, 0.2) is 70.1 Å². The minimum atomic E-state index is -0.628. The van der Waals surface area contributed by atoms with Gasteiger partial charge in [-0.15, -0.1) is 0 Å². The summed E-state index contributed by atoms with van der Waals surface area (Å²) < 4.78 is 22.8. The summed E-state index contributed by atoms with van der Waals surface area (Å²) in [6.07, 6.45) is 0. The van der Waals surface area contributed by atoms with Crippen LogP contribution in [-0.2, 0) is 19.1 Å². The number of ketones is 2. The molecule has 3 rings (SSSR count). The number of Topliss-reactive ketones (excluding diaryl/α,β-unsaturated/α-hetero) is 2. The molecule has 0 heterocycles. The zero-order chi connectivity index (χ0) is 28.2. The number of rotatable bonds is 6. The number of nitrogens with zero attached hydrogens (tertiary/aromatic N) is 3. The van der Waals surface area contributed by atoms with Crippen molar-refractivity contribution < 1.29 is 23.5 Å². The summed E-state index contributed by atoms with van der Waals surface area (Å²) in [7, 11) is 0. The standard InChI is InChI=1S/C17H9FN4.C10H10Cl2O4/c1-20-16(11-19)12-3-5-13(6-4-12)17(21-2)22-15-9-7-14(18)8-10-15;1-3-15-9-5(11)8(14)10(16-4-2)6(12)7(9)13/h3-10,22H;3-4H2,1-2H3. The quantitative estimate of drug-likeness (QED) is 0.416. The third-order valence-electron chi connectivity index (χ3n) is 4.66. The second-order valence-electron chi connectivity index (χ2n) is 7.05. The van der Waals surface area contributed by atoms with Gasteiger partial charge in [-0.3, -0.25) is 9.59 Å². The number of hydrogen-bond acceptors (Lipinski definition) is 6. The predicted octanol–water partition coefficient (Wildman–Crippen LogP) is 4.59. The number of carbonyl (C=O) groups is 2. The van der Waals surface area contributed by atoms with Crippen LogP contribution in [0.1, 0.15) is 13.8 Å². The highest BCUT2D eigenvalue weighted by atomic mass is 35.5. The van der Waals surface area contributed by atoms with Crippen LogP contribution in [0.5, 0.6) is 0 Å². The zero-order valence-electron chi connectivity index (χ0n) is 20.1. The molecule has 2 aromatic rings. The van der Waals surface area contributed by atoms with E-state index in [0.29, 0.717) is 16.1 Å². The molecule has 0 spiro atoms. The van der Waals surface area contributed by atoms with E-state index in [2.05, 4.69) is 15.0 Å². The highest BCUT2D eigenvalue weighted by Gasteiger charge is 2.35. The van der Waals surface area contributed by atoms with Crippen molar-refractivity contribution in [2.45, 2.75) is 13.8 Å². The number of benzene rings is 2. The highest BCUT2D eigenvalue weighted by molar-refractivity contribution is 6.55. The van der Waals surface area contributed by atoms with Crippen LogP contribution < -0.4 is 15.8 Å². The normalized spacial score (nSPS) is 12.4. The van der Waals surface area contributed by atoms with Gasteiger partial charge >= 0.3 is 0 Å². The molecule has 0 amide bonds. The van der Waals surface area contributed by atoms with Crippen molar-refractivity contribution in [2.75, 3.05) is 18.5 Å². The van der Waals surface area contributed by atoms with E-state index in [1.54, 1.807) is 38.1 Å². The first-order valence-corrected chi connectivity index (χ1v) is 11.6. The van der Waals surface area contributed by atoms with Crippen LogP contribution in [0.4, 0.5) is 10.1 Å². The van der Waals surface area contributed by atoms with Gasteiger partial charge in [-0.05, 0) is 48.6 Å². The van der Waals surface area contributed by atoms with E-state index in [-0.39, 0.29) is 52.1 Å². The third-order valence-corrected chi connectivity index (χ3v) is 5.34. The monoisotopic (exact) mass is 552 g/mol. The van der Waals surface area contributed by atoms with Crippen molar-refractivity contribution in [1.82, 2.24) is 0 Å². The van der Waals surface area contributed by atoms with Gasteiger partial charge in [0.1, 0.15) is 21.6 Å². The Labute approximate surface area is 228 Å². The molecule has 38 heavy (non-hydrogen) atoms. The first-order valence-electron chi connectivity index (χ1n) is 10.9. The van der Waals surface area contributed by atoms with Crippen LogP contribution in [0.2, 0.25) is 0 Å². The molecule has 1 aliphatic carbocycles. The fourth-order valence-electron chi connectivity index (χ4n) is 2.93. The average molecular weight is 553 g/mol. The number of anilines is 1. The lowest BCUT2D eigenvalue weighted by molar-refractivity contribution is -0.120. The minimum Gasteiger partial charge on any atom is -0.488 e. The Balaban J connectivity index is 0.000000281. The molecule has 0 aromatic heterocycles. The van der Waals surface area contributed by atoms with Gasteiger partial charge in [0.2, 0.25) is 17.4 Å². The molecule has 1 N–H and O–H groups in total. The van der Waals surface area contributed by atoms with Gasteiger partial charge in [-0.25, -0.2) is 14.5 Å². The van der Waals surface area contributed by atoms with Gasteiger partial charge in [-0.1, -0.05) is 54.0 Å². The molecule has 2 aromatic carbocycles. The average Bonchev–Trinajstić information content (AvgIpc) is 2.93. The molecule has 0 radical (unpaired) electrons. The van der Waals surface area contributed by atoms with E-state index in [1.165, 1.54) is 24.3 Å². The number of ether oxygens (including phenoxy) is 2. The molecular weight excluding hydrogens is 534 g/mol. The van der Waals surface area contributed by atoms with Crippen LogP contribution >= 0.6 is 23.2 Å². The number of nitriles is 1. The summed E-state index contributed by atoms with van der Waals surface area (Å²) in [6.45, 7) is 17.9.